The van der Waals surface area contributed by atoms with Crippen LogP contribution in [0.4, 0.5) is 0 Å². The first kappa shape index (κ1) is 17.7. The van der Waals surface area contributed by atoms with Gasteiger partial charge in [0, 0.05) is 19.6 Å². The van der Waals surface area contributed by atoms with Crippen LogP contribution in [0.2, 0.25) is 0 Å². The maximum absolute atomic E-state index is 4.25. The third kappa shape index (κ3) is 7.95. The van der Waals surface area contributed by atoms with Crippen LogP contribution in [0.15, 0.2) is 17.1 Å². The normalized spacial score (nSPS) is 16.6. The van der Waals surface area contributed by atoms with Crippen LogP contribution in [0.25, 0.3) is 0 Å². The molecule has 1 aliphatic rings. The Morgan fingerprint density at radius 1 is 1.28 bits per heavy atom. The first-order chi connectivity index (χ1) is 8.01. The predicted octanol–water partition coefficient (Wildman–Crippen LogP) is 3.31. The molecule has 1 rings (SSSR count). The van der Waals surface area contributed by atoms with Gasteiger partial charge in [-0.05, 0) is 31.1 Å². The van der Waals surface area contributed by atoms with E-state index in [1.165, 1.54) is 12.8 Å². The highest BCUT2D eigenvalue weighted by atomic mass is 127. The lowest BCUT2D eigenvalue weighted by Gasteiger charge is -2.20. The minimum absolute atomic E-state index is 0. The molecular weight excluding hydrogens is 337 g/mol. The van der Waals surface area contributed by atoms with E-state index >= 15 is 0 Å². The van der Waals surface area contributed by atoms with Gasteiger partial charge in [-0.2, -0.15) is 0 Å². The SMILES string of the molecule is CN=C(NCCCC(C)(C)C)NC1CC=CC1.I. The maximum Gasteiger partial charge on any atom is 0.191 e. The van der Waals surface area contributed by atoms with Crippen LogP contribution in [0.1, 0.15) is 46.5 Å². The summed E-state index contributed by atoms with van der Waals surface area (Å²) in [5.41, 5.74) is 0.425. The molecule has 0 amide bonds. The van der Waals surface area contributed by atoms with Crippen molar-refractivity contribution < 1.29 is 0 Å². The second kappa shape index (κ2) is 8.77. The Morgan fingerprint density at radius 3 is 2.39 bits per heavy atom. The Kier molecular flexibility index (Phi) is 8.65. The van der Waals surface area contributed by atoms with E-state index in [1.54, 1.807) is 0 Å². The molecule has 0 aromatic heterocycles. The summed E-state index contributed by atoms with van der Waals surface area (Å²) >= 11 is 0. The lowest BCUT2D eigenvalue weighted by molar-refractivity contribution is 0.365. The van der Waals surface area contributed by atoms with E-state index in [0.29, 0.717) is 11.5 Å². The van der Waals surface area contributed by atoms with Crippen molar-refractivity contribution in [3.8, 4) is 0 Å². The van der Waals surface area contributed by atoms with Crippen LogP contribution < -0.4 is 10.6 Å². The monoisotopic (exact) mass is 365 g/mol. The van der Waals surface area contributed by atoms with Crippen molar-refractivity contribution in [2.45, 2.75) is 52.5 Å². The lowest BCUT2D eigenvalue weighted by atomic mass is 9.91. The Labute approximate surface area is 129 Å². The third-order valence-corrected chi connectivity index (χ3v) is 2.97. The fourth-order valence-electron chi connectivity index (χ4n) is 1.95. The van der Waals surface area contributed by atoms with Gasteiger partial charge in [0.25, 0.3) is 0 Å². The quantitative estimate of drug-likeness (QED) is 0.264. The van der Waals surface area contributed by atoms with Crippen molar-refractivity contribution in [2.24, 2.45) is 10.4 Å². The van der Waals surface area contributed by atoms with E-state index in [1.807, 2.05) is 7.05 Å². The van der Waals surface area contributed by atoms with Gasteiger partial charge in [0.2, 0.25) is 0 Å². The number of rotatable bonds is 4. The molecule has 0 radical (unpaired) electrons. The zero-order chi connectivity index (χ0) is 12.7. The van der Waals surface area contributed by atoms with Gasteiger partial charge in [0.05, 0.1) is 0 Å². The first-order valence-corrected chi connectivity index (χ1v) is 6.63. The molecule has 2 N–H and O–H groups in total. The number of guanidine groups is 1. The van der Waals surface area contributed by atoms with Crippen molar-refractivity contribution in [3.05, 3.63) is 12.2 Å². The van der Waals surface area contributed by atoms with Crippen molar-refractivity contribution >= 4 is 29.9 Å². The Bertz CT molecular complexity index is 271. The number of hydrogen-bond donors (Lipinski definition) is 2. The van der Waals surface area contributed by atoms with E-state index in [2.05, 4.69) is 48.5 Å². The molecule has 18 heavy (non-hydrogen) atoms. The van der Waals surface area contributed by atoms with Crippen LogP contribution in [0.3, 0.4) is 0 Å². The first-order valence-electron chi connectivity index (χ1n) is 6.63. The molecule has 0 heterocycles. The Balaban J connectivity index is 0.00000289. The van der Waals surface area contributed by atoms with Crippen molar-refractivity contribution in [1.29, 1.82) is 0 Å². The van der Waals surface area contributed by atoms with Crippen LogP contribution in [0.5, 0.6) is 0 Å². The molecule has 3 nitrogen and oxygen atoms in total. The number of hydrogen-bond acceptors (Lipinski definition) is 1. The Morgan fingerprint density at radius 2 is 1.89 bits per heavy atom. The third-order valence-electron chi connectivity index (χ3n) is 2.97. The standard InChI is InChI=1S/C14H27N3.HI/c1-14(2,3)10-7-11-16-13(15-4)17-12-8-5-6-9-12;/h5-6,12H,7-11H2,1-4H3,(H2,15,16,17);1H. The fourth-order valence-corrected chi connectivity index (χ4v) is 1.95. The van der Waals surface area contributed by atoms with E-state index in [9.17, 15) is 0 Å². The van der Waals surface area contributed by atoms with Crippen LogP contribution in [-0.4, -0.2) is 25.6 Å². The summed E-state index contributed by atoms with van der Waals surface area (Å²) in [4.78, 5) is 4.25. The minimum Gasteiger partial charge on any atom is -0.356 e. The number of aliphatic imine (C=N–C) groups is 1. The van der Waals surface area contributed by atoms with Gasteiger partial charge in [-0.15, -0.1) is 24.0 Å². The summed E-state index contributed by atoms with van der Waals surface area (Å²) < 4.78 is 0. The summed E-state index contributed by atoms with van der Waals surface area (Å²) in [6.07, 6.45) is 9.11. The van der Waals surface area contributed by atoms with Crippen LogP contribution in [0, 0.1) is 5.41 Å². The average Bonchev–Trinajstić information content (AvgIpc) is 2.73. The van der Waals surface area contributed by atoms with Gasteiger partial charge >= 0.3 is 0 Å². The molecule has 0 atom stereocenters. The Hall–Kier alpha value is -0.260. The molecule has 0 aromatic rings. The molecule has 4 heteroatoms. The number of nitrogens with zero attached hydrogens (tertiary/aromatic N) is 1. The van der Waals surface area contributed by atoms with Gasteiger partial charge in [0.1, 0.15) is 0 Å². The van der Waals surface area contributed by atoms with Gasteiger partial charge in [-0.25, -0.2) is 0 Å². The van der Waals surface area contributed by atoms with E-state index in [0.717, 1.165) is 25.3 Å². The molecule has 0 saturated carbocycles. The molecule has 0 aromatic carbocycles. The van der Waals surface area contributed by atoms with Crippen LogP contribution >= 0.6 is 24.0 Å². The molecule has 106 valence electrons. The molecule has 0 fully saturated rings. The van der Waals surface area contributed by atoms with Gasteiger partial charge < -0.3 is 10.6 Å². The molecular formula is C14H28IN3. The predicted molar refractivity (Wildman–Crippen MR) is 90.8 cm³/mol. The molecule has 0 bridgehead atoms. The number of nitrogens with one attached hydrogen (secondary N) is 2. The molecule has 0 spiro atoms. The molecule has 0 unspecified atom stereocenters. The minimum atomic E-state index is 0. The lowest BCUT2D eigenvalue weighted by Crippen LogP contribution is -2.42. The zero-order valence-corrected chi connectivity index (χ0v) is 14.5. The van der Waals surface area contributed by atoms with Gasteiger partial charge in [-0.1, -0.05) is 32.9 Å². The summed E-state index contributed by atoms with van der Waals surface area (Å²) in [5.74, 6) is 0.938. The largest absolute Gasteiger partial charge is 0.356 e. The maximum atomic E-state index is 4.25. The average molecular weight is 365 g/mol. The van der Waals surface area contributed by atoms with E-state index in [4.69, 9.17) is 0 Å². The van der Waals surface area contributed by atoms with Crippen LogP contribution in [-0.2, 0) is 0 Å². The highest BCUT2D eigenvalue weighted by Crippen LogP contribution is 2.19. The van der Waals surface area contributed by atoms with Gasteiger partial charge in [0.15, 0.2) is 5.96 Å². The molecule has 1 aliphatic carbocycles. The zero-order valence-electron chi connectivity index (χ0n) is 12.1. The van der Waals surface area contributed by atoms with E-state index in [-0.39, 0.29) is 24.0 Å². The summed E-state index contributed by atoms with van der Waals surface area (Å²) in [5, 5.41) is 6.82. The second-order valence-corrected chi connectivity index (χ2v) is 5.95. The van der Waals surface area contributed by atoms with Crippen molar-refractivity contribution in [1.82, 2.24) is 10.6 Å². The topological polar surface area (TPSA) is 36.4 Å². The summed E-state index contributed by atoms with van der Waals surface area (Å²) in [6, 6.07) is 0.531. The second-order valence-electron chi connectivity index (χ2n) is 5.95. The van der Waals surface area contributed by atoms with Crippen molar-refractivity contribution in [2.75, 3.05) is 13.6 Å². The highest BCUT2D eigenvalue weighted by Gasteiger charge is 2.12. The highest BCUT2D eigenvalue weighted by molar-refractivity contribution is 14.0. The fraction of sp³-hybridized carbons (Fsp3) is 0.786. The molecule has 0 saturated heterocycles. The summed E-state index contributed by atoms with van der Waals surface area (Å²) in [6.45, 7) is 7.84. The molecule has 0 aliphatic heterocycles. The summed E-state index contributed by atoms with van der Waals surface area (Å²) in [7, 11) is 1.83. The van der Waals surface area contributed by atoms with Crippen molar-refractivity contribution in [3.63, 3.8) is 0 Å². The van der Waals surface area contributed by atoms with Gasteiger partial charge in [-0.3, -0.25) is 4.99 Å². The smallest absolute Gasteiger partial charge is 0.191 e. The van der Waals surface area contributed by atoms with E-state index < -0.39 is 0 Å². The number of halogens is 1.